The van der Waals surface area contributed by atoms with Gasteiger partial charge in [0.1, 0.15) is 6.04 Å². The summed E-state index contributed by atoms with van der Waals surface area (Å²) in [5.41, 5.74) is 7.17. The van der Waals surface area contributed by atoms with E-state index in [1.54, 1.807) is 36.4 Å². The van der Waals surface area contributed by atoms with Crippen molar-refractivity contribution in [2.75, 3.05) is 44.9 Å². The number of halogens is 2. The van der Waals surface area contributed by atoms with Gasteiger partial charge in [0, 0.05) is 37.2 Å². The van der Waals surface area contributed by atoms with Crippen LogP contribution in [-0.4, -0.2) is 75.4 Å². The standard InChI is InChI=1S/C27H31Cl2N5O6/c1-39-27(38)22(6-5-19(35)15-32-25(36)17-4-2-3-16(11-17)12-23(30)31)33-26(37)24-20(28)13-18(14-21(24)29)34-7-9-40-10-8-34/h2-4,11,13-14,22H,5-10,12,15H2,1H3,(H3,30,31)(H,32,36)(H,33,37)/t22-/m0/s1. The van der Waals surface area contributed by atoms with Crippen LogP contribution in [0, 0.1) is 5.41 Å². The van der Waals surface area contributed by atoms with Crippen LogP contribution in [0.2, 0.25) is 10.0 Å². The van der Waals surface area contributed by atoms with E-state index in [0.29, 0.717) is 37.4 Å². The summed E-state index contributed by atoms with van der Waals surface area (Å²) in [6.07, 6.45) is 0.0135. The third kappa shape index (κ3) is 8.67. The number of carbonyl (C=O) groups excluding carboxylic acids is 4. The number of methoxy groups -OCH3 is 1. The van der Waals surface area contributed by atoms with Crippen molar-refractivity contribution in [3.05, 3.63) is 63.1 Å². The van der Waals surface area contributed by atoms with Gasteiger partial charge in [0.15, 0.2) is 5.78 Å². The zero-order valence-corrected chi connectivity index (χ0v) is 23.4. The molecule has 0 saturated carbocycles. The Labute approximate surface area is 241 Å². The van der Waals surface area contributed by atoms with E-state index in [-0.39, 0.29) is 53.0 Å². The lowest BCUT2D eigenvalue weighted by Gasteiger charge is -2.29. The minimum Gasteiger partial charge on any atom is -0.467 e. The molecule has 2 amide bonds. The first-order valence-corrected chi connectivity index (χ1v) is 13.3. The molecule has 0 unspecified atom stereocenters. The first-order chi connectivity index (χ1) is 19.1. The Balaban J connectivity index is 1.58. The van der Waals surface area contributed by atoms with Gasteiger partial charge in [-0.05, 0) is 36.2 Å². The van der Waals surface area contributed by atoms with Gasteiger partial charge < -0.3 is 30.7 Å². The van der Waals surface area contributed by atoms with Crippen molar-refractivity contribution in [2.45, 2.75) is 25.3 Å². The SMILES string of the molecule is COC(=O)[C@H](CCC(=O)CNC(=O)c1cccc(CC(=N)N)c1)NC(=O)c1c(Cl)cc(N2CCOCC2)cc1Cl. The van der Waals surface area contributed by atoms with Crippen LogP contribution >= 0.6 is 23.2 Å². The Morgan fingerprint density at radius 1 is 1.10 bits per heavy atom. The van der Waals surface area contributed by atoms with E-state index in [1.165, 1.54) is 7.11 Å². The third-order valence-electron chi connectivity index (χ3n) is 6.16. The van der Waals surface area contributed by atoms with Crippen LogP contribution in [0.1, 0.15) is 39.1 Å². The lowest BCUT2D eigenvalue weighted by Crippen LogP contribution is -2.42. The summed E-state index contributed by atoms with van der Waals surface area (Å²) < 4.78 is 10.1. The smallest absolute Gasteiger partial charge is 0.328 e. The highest BCUT2D eigenvalue weighted by Crippen LogP contribution is 2.31. The number of hydrogen-bond acceptors (Lipinski definition) is 8. The molecular formula is C27H31Cl2N5O6. The van der Waals surface area contributed by atoms with Crippen molar-refractivity contribution < 1.29 is 28.7 Å². The minimum atomic E-state index is -1.15. The van der Waals surface area contributed by atoms with Crippen molar-refractivity contribution >= 4 is 58.3 Å². The van der Waals surface area contributed by atoms with Gasteiger partial charge in [0.05, 0.1) is 48.3 Å². The monoisotopic (exact) mass is 591 g/mol. The zero-order valence-electron chi connectivity index (χ0n) is 21.9. The number of carbonyl (C=O) groups is 4. The van der Waals surface area contributed by atoms with Gasteiger partial charge in [-0.3, -0.25) is 19.8 Å². The van der Waals surface area contributed by atoms with Crippen LogP contribution < -0.4 is 21.3 Å². The lowest BCUT2D eigenvalue weighted by molar-refractivity contribution is -0.143. The largest absolute Gasteiger partial charge is 0.467 e. The van der Waals surface area contributed by atoms with Crippen LogP contribution in [-0.2, 0) is 25.5 Å². The molecule has 40 heavy (non-hydrogen) atoms. The summed E-state index contributed by atoms with van der Waals surface area (Å²) in [6.45, 7) is 2.16. The number of ether oxygens (including phenoxy) is 2. The van der Waals surface area contributed by atoms with Gasteiger partial charge in [-0.25, -0.2) is 4.79 Å². The third-order valence-corrected chi connectivity index (χ3v) is 6.76. The number of nitrogens with two attached hydrogens (primary N) is 1. The number of benzene rings is 2. The highest BCUT2D eigenvalue weighted by atomic mass is 35.5. The number of amides is 2. The molecule has 0 spiro atoms. The number of morpholine rings is 1. The van der Waals surface area contributed by atoms with Gasteiger partial charge in [0.25, 0.3) is 11.8 Å². The summed E-state index contributed by atoms with van der Waals surface area (Å²) in [4.78, 5) is 52.4. The maximum Gasteiger partial charge on any atom is 0.328 e. The number of amidine groups is 1. The molecule has 1 aliphatic rings. The molecule has 1 saturated heterocycles. The summed E-state index contributed by atoms with van der Waals surface area (Å²) in [6, 6.07) is 8.68. The number of nitrogens with one attached hydrogen (secondary N) is 3. The fraction of sp³-hybridized carbons (Fsp3) is 0.370. The van der Waals surface area contributed by atoms with E-state index >= 15 is 0 Å². The van der Waals surface area contributed by atoms with Crippen LogP contribution in [0.15, 0.2) is 36.4 Å². The number of anilines is 1. The Bertz CT molecular complexity index is 1260. The van der Waals surface area contributed by atoms with E-state index in [0.717, 1.165) is 5.69 Å². The van der Waals surface area contributed by atoms with Gasteiger partial charge in [-0.1, -0.05) is 35.3 Å². The second-order valence-electron chi connectivity index (χ2n) is 9.10. The number of esters is 1. The molecule has 11 nitrogen and oxygen atoms in total. The van der Waals surface area contributed by atoms with E-state index in [9.17, 15) is 19.2 Å². The maximum atomic E-state index is 13.0. The van der Waals surface area contributed by atoms with Gasteiger partial charge in [0.2, 0.25) is 0 Å². The lowest BCUT2D eigenvalue weighted by atomic mass is 10.1. The number of nitrogens with zero attached hydrogens (tertiary/aromatic N) is 1. The predicted molar refractivity (Wildman–Crippen MR) is 151 cm³/mol. The van der Waals surface area contributed by atoms with Crippen molar-refractivity contribution in [2.24, 2.45) is 5.73 Å². The molecule has 2 aromatic rings. The molecule has 5 N–H and O–H groups in total. The molecule has 3 rings (SSSR count). The van der Waals surface area contributed by atoms with Crippen molar-refractivity contribution in [3.8, 4) is 0 Å². The molecule has 0 radical (unpaired) electrons. The van der Waals surface area contributed by atoms with E-state index in [4.69, 9.17) is 43.8 Å². The predicted octanol–water partition coefficient (Wildman–Crippen LogP) is 2.36. The average molecular weight is 592 g/mol. The van der Waals surface area contributed by atoms with Crippen LogP contribution in [0.25, 0.3) is 0 Å². The summed E-state index contributed by atoms with van der Waals surface area (Å²) in [5.74, 6) is -2.30. The maximum absolute atomic E-state index is 13.0. The molecule has 1 heterocycles. The molecular weight excluding hydrogens is 561 g/mol. The number of Topliss-reactive ketones (excluding diaryl/α,β-unsaturated/α-hetero) is 1. The van der Waals surface area contributed by atoms with E-state index in [2.05, 4.69) is 10.6 Å². The molecule has 2 aromatic carbocycles. The molecule has 214 valence electrons. The van der Waals surface area contributed by atoms with Crippen LogP contribution in [0.5, 0.6) is 0 Å². The van der Waals surface area contributed by atoms with Crippen molar-refractivity contribution in [3.63, 3.8) is 0 Å². The fourth-order valence-corrected chi connectivity index (χ4v) is 4.77. The number of ketones is 1. The van der Waals surface area contributed by atoms with Crippen molar-refractivity contribution in [1.29, 1.82) is 5.41 Å². The molecule has 0 aliphatic carbocycles. The molecule has 0 aromatic heterocycles. The zero-order chi connectivity index (χ0) is 29.2. The quantitative estimate of drug-likeness (QED) is 0.166. The second kappa shape index (κ2) is 14.6. The molecule has 0 bridgehead atoms. The summed E-state index contributed by atoms with van der Waals surface area (Å²) in [5, 5.41) is 12.7. The first kappa shape index (κ1) is 30.9. The highest BCUT2D eigenvalue weighted by molar-refractivity contribution is 6.40. The molecule has 13 heteroatoms. The van der Waals surface area contributed by atoms with Gasteiger partial charge >= 0.3 is 5.97 Å². The summed E-state index contributed by atoms with van der Waals surface area (Å²) in [7, 11) is 1.17. The number of rotatable bonds is 12. The molecule has 1 aliphatic heterocycles. The Kier molecular flexibility index (Phi) is 11.3. The molecule has 1 fully saturated rings. The Hall–Kier alpha value is -3.67. The topological polar surface area (TPSA) is 164 Å². The second-order valence-corrected chi connectivity index (χ2v) is 9.91. The van der Waals surface area contributed by atoms with Crippen molar-refractivity contribution in [1.82, 2.24) is 10.6 Å². The van der Waals surface area contributed by atoms with Crippen LogP contribution in [0.4, 0.5) is 5.69 Å². The summed E-state index contributed by atoms with van der Waals surface area (Å²) >= 11 is 12.8. The number of hydrogen-bond donors (Lipinski definition) is 4. The van der Waals surface area contributed by atoms with Gasteiger partial charge in [-0.15, -0.1) is 0 Å². The normalized spacial score (nSPS) is 13.7. The Morgan fingerprint density at radius 3 is 2.40 bits per heavy atom. The first-order valence-electron chi connectivity index (χ1n) is 12.5. The average Bonchev–Trinajstić information content (AvgIpc) is 2.93. The van der Waals surface area contributed by atoms with Gasteiger partial charge in [-0.2, -0.15) is 0 Å². The Morgan fingerprint density at radius 2 is 1.77 bits per heavy atom. The highest BCUT2D eigenvalue weighted by Gasteiger charge is 2.26. The van der Waals surface area contributed by atoms with E-state index in [1.807, 2.05) is 4.90 Å². The fourth-order valence-electron chi connectivity index (χ4n) is 4.12. The molecule has 1 atom stereocenters. The van der Waals surface area contributed by atoms with Crippen LogP contribution in [0.3, 0.4) is 0 Å². The van der Waals surface area contributed by atoms with E-state index < -0.39 is 23.8 Å². The minimum absolute atomic E-state index is 0.000149.